The van der Waals surface area contributed by atoms with Gasteiger partial charge >= 0.3 is 0 Å². The van der Waals surface area contributed by atoms with Crippen LogP contribution >= 0.6 is 11.3 Å². The Labute approximate surface area is 157 Å². The largest absolute Gasteiger partial charge is 0.338 e. The number of hydrogen-bond donors (Lipinski definition) is 0. The monoisotopic (exact) mass is 368 g/mol. The van der Waals surface area contributed by atoms with E-state index in [2.05, 4.69) is 30.2 Å². The van der Waals surface area contributed by atoms with Crippen molar-refractivity contribution < 1.29 is 4.79 Å². The number of hydrogen-bond acceptors (Lipinski definition) is 4. The van der Waals surface area contributed by atoms with Crippen molar-refractivity contribution in [3.63, 3.8) is 0 Å². The van der Waals surface area contributed by atoms with Gasteiger partial charge in [-0.15, -0.1) is 11.3 Å². The molecule has 1 aliphatic rings. The number of benzene rings is 1. The SMILES string of the molecule is CCn1nc(C)c(C(=O)N2CCC(c3nc4ccccc4s3)CC2)c1C. The van der Waals surface area contributed by atoms with Gasteiger partial charge in [-0.05, 0) is 45.7 Å². The summed E-state index contributed by atoms with van der Waals surface area (Å²) >= 11 is 1.79. The highest BCUT2D eigenvalue weighted by molar-refractivity contribution is 7.18. The summed E-state index contributed by atoms with van der Waals surface area (Å²) in [5.74, 6) is 0.583. The number of rotatable bonds is 3. The van der Waals surface area contributed by atoms with Crippen molar-refractivity contribution in [1.82, 2.24) is 19.7 Å². The summed E-state index contributed by atoms with van der Waals surface area (Å²) in [6.45, 7) is 8.34. The maximum atomic E-state index is 13.0. The number of carbonyl (C=O) groups excluding carboxylic acids is 1. The molecule has 6 heteroatoms. The second kappa shape index (κ2) is 6.83. The smallest absolute Gasteiger partial charge is 0.257 e. The number of aromatic nitrogens is 3. The third-order valence-corrected chi connectivity index (χ3v) is 6.54. The average Bonchev–Trinajstić information content (AvgIpc) is 3.22. The Bertz CT molecular complexity index is 917. The normalized spacial score (nSPS) is 15.7. The molecule has 1 aromatic carbocycles. The Morgan fingerprint density at radius 3 is 2.62 bits per heavy atom. The van der Waals surface area contributed by atoms with E-state index in [0.29, 0.717) is 5.92 Å². The molecule has 0 saturated carbocycles. The Hall–Kier alpha value is -2.21. The number of thiazole rings is 1. The highest BCUT2D eigenvalue weighted by Crippen LogP contribution is 2.34. The van der Waals surface area contributed by atoms with Crippen LogP contribution in [0.5, 0.6) is 0 Å². The van der Waals surface area contributed by atoms with Gasteiger partial charge in [0.25, 0.3) is 5.91 Å². The van der Waals surface area contributed by atoms with Crippen LogP contribution in [0.4, 0.5) is 0 Å². The van der Waals surface area contributed by atoms with Crippen LogP contribution in [0.1, 0.15) is 52.4 Å². The lowest BCUT2D eigenvalue weighted by Crippen LogP contribution is -2.38. The topological polar surface area (TPSA) is 51.0 Å². The molecule has 0 bridgehead atoms. The number of piperidine rings is 1. The first kappa shape index (κ1) is 17.2. The lowest BCUT2D eigenvalue weighted by atomic mass is 9.97. The van der Waals surface area contributed by atoms with E-state index in [-0.39, 0.29) is 5.91 Å². The van der Waals surface area contributed by atoms with E-state index in [1.165, 1.54) is 9.71 Å². The summed E-state index contributed by atoms with van der Waals surface area (Å²) < 4.78 is 3.16. The van der Waals surface area contributed by atoms with Crippen molar-refractivity contribution in [3.05, 3.63) is 46.2 Å². The fraction of sp³-hybridized carbons (Fsp3) is 0.450. The Morgan fingerprint density at radius 2 is 1.96 bits per heavy atom. The van der Waals surface area contributed by atoms with E-state index in [1.807, 2.05) is 29.5 Å². The maximum absolute atomic E-state index is 13.0. The zero-order valence-corrected chi connectivity index (χ0v) is 16.3. The number of likely N-dealkylation sites (tertiary alicyclic amines) is 1. The Morgan fingerprint density at radius 1 is 1.23 bits per heavy atom. The molecule has 2 aromatic heterocycles. The number of nitrogens with zero attached hydrogens (tertiary/aromatic N) is 4. The van der Waals surface area contributed by atoms with Gasteiger partial charge in [0.15, 0.2) is 0 Å². The quantitative estimate of drug-likeness (QED) is 0.698. The van der Waals surface area contributed by atoms with Crippen molar-refractivity contribution in [2.24, 2.45) is 0 Å². The molecule has 1 amide bonds. The molecule has 1 fully saturated rings. The van der Waals surface area contributed by atoms with Gasteiger partial charge in [-0.2, -0.15) is 5.10 Å². The summed E-state index contributed by atoms with van der Waals surface area (Å²) in [4.78, 5) is 19.8. The minimum absolute atomic E-state index is 0.127. The summed E-state index contributed by atoms with van der Waals surface area (Å²) in [6, 6.07) is 8.30. The lowest BCUT2D eigenvalue weighted by Gasteiger charge is -2.31. The van der Waals surface area contributed by atoms with Crippen LogP contribution in [-0.2, 0) is 6.54 Å². The van der Waals surface area contributed by atoms with E-state index in [4.69, 9.17) is 4.98 Å². The summed E-state index contributed by atoms with van der Waals surface area (Å²) in [5, 5.41) is 5.70. The summed E-state index contributed by atoms with van der Waals surface area (Å²) in [6.07, 6.45) is 1.96. The molecule has 0 unspecified atom stereocenters. The molecule has 3 heterocycles. The van der Waals surface area contributed by atoms with Crippen LogP contribution in [0.25, 0.3) is 10.2 Å². The van der Waals surface area contributed by atoms with Gasteiger partial charge in [0.2, 0.25) is 0 Å². The molecule has 5 nitrogen and oxygen atoms in total. The number of aryl methyl sites for hydroxylation is 2. The molecule has 0 N–H and O–H groups in total. The predicted molar refractivity (Wildman–Crippen MR) is 105 cm³/mol. The maximum Gasteiger partial charge on any atom is 0.257 e. The number of para-hydroxylation sites is 1. The minimum atomic E-state index is 0.127. The zero-order chi connectivity index (χ0) is 18.3. The molecule has 3 aromatic rings. The van der Waals surface area contributed by atoms with Crippen molar-refractivity contribution in [2.75, 3.05) is 13.1 Å². The standard InChI is InChI=1S/C20H24N4OS/c1-4-24-14(3)18(13(2)22-24)20(25)23-11-9-15(10-12-23)19-21-16-7-5-6-8-17(16)26-19/h5-8,15H,4,9-12H2,1-3H3. The Balaban J connectivity index is 1.48. The van der Waals surface area contributed by atoms with Crippen LogP contribution < -0.4 is 0 Å². The van der Waals surface area contributed by atoms with Gasteiger partial charge in [-0.1, -0.05) is 12.1 Å². The zero-order valence-electron chi connectivity index (χ0n) is 15.5. The molecule has 4 rings (SSSR count). The van der Waals surface area contributed by atoms with Crippen LogP contribution in [0.3, 0.4) is 0 Å². The molecule has 136 valence electrons. The van der Waals surface area contributed by atoms with Gasteiger partial charge in [0.1, 0.15) is 0 Å². The molecule has 26 heavy (non-hydrogen) atoms. The summed E-state index contributed by atoms with van der Waals surface area (Å²) in [5.41, 5.74) is 3.68. The minimum Gasteiger partial charge on any atom is -0.338 e. The van der Waals surface area contributed by atoms with E-state index < -0.39 is 0 Å². The van der Waals surface area contributed by atoms with E-state index in [0.717, 1.165) is 54.9 Å². The third kappa shape index (κ3) is 2.92. The Kier molecular flexibility index (Phi) is 4.53. The fourth-order valence-corrected chi connectivity index (χ4v) is 5.00. The second-order valence-corrected chi connectivity index (χ2v) is 8.01. The van der Waals surface area contributed by atoms with E-state index >= 15 is 0 Å². The third-order valence-electron chi connectivity index (χ3n) is 5.34. The molecule has 0 spiro atoms. The first-order valence-electron chi connectivity index (χ1n) is 9.27. The van der Waals surface area contributed by atoms with Crippen LogP contribution in [0.15, 0.2) is 24.3 Å². The molecule has 1 saturated heterocycles. The molecule has 0 radical (unpaired) electrons. The highest BCUT2D eigenvalue weighted by atomic mass is 32.1. The molecule has 0 aliphatic carbocycles. The fourth-order valence-electron chi connectivity index (χ4n) is 3.87. The van der Waals surface area contributed by atoms with E-state index in [1.54, 1.807) is 11.3 Å². The van der Waals surface area contributed by atoms with Gasteiger partial charge in [-0.25, -0.2) is 4.98 Å². The predicted octanol–water partition coefficient (Wildman–Crippen LogP) is 4.15. The van der Waals surface area contributed by atoms with Gasteiger partial charge in [0.05, 0.1) is 26.5 Å². The van der Waals surface area contributed by atoms with Gasteiger partial charge < -0.3 is 4.90 Å². The summed E-state index contributed by atoms with van der Waals surface area (Å²) in [7, 11) is 0. The molecule has 0 atom stereocenters. The van der Waals surface area contributed by atoms with Crippen LogP contribution in [0, 0.1) is 13.8 Å². The van der Waals surface area contributed by atoms with Crippen molar-refractivity contribution in [1.29, 1.82) is 0 Å². The van der Waals surface area contributed by atoms with Crippen molar-refractivity contribution in [2.45, 2.75) is 46.1 Å². The second-order valence-electron chi connectivity index (χ2n) is 6.95. The number of carbonyl (C=O) groups is 1. The molecular weight excluding hydrogens is 344 g/mol. The highest BCUT2D eigenvalue weighted by Gasteiger charge is 2.29. The van der Waals surface area contributed by atoms with Gasteiger partial charge in [0, 0.05) is 31.2 Å². The van der Waals surface area contributed by atoms with E-state index in [9.17, 15) is 4.79 Å². The van der Waals surface area contributed by atoms with Crippen LogP contribution in [0.2, 0.25) is 0 Å². The first-order valence-corrected chi connectivity index (χ1v) is 10.1. The molecular formula is C20H24N4OS. The molecule has 1 aliphatic heterocycles. The number of amides is 1. The average molecular weight is 369 g/mol. The number of fused-ring (bicyclic) bond motifs is 1. The van der Waals surface area contributed by atoms with Crippen molar-refractivity contribution in [3.8, 4) is 0 Å². The van der Waals surface area contributed by atoms with Gasteiger partial charge in [-0.3, -0.25) is 9.48 Å². The van der Waals surface area contributed by atoms with Crippen molar-refractivity contribution >= 4 is 27.5 Å². The van der Waals surface area contributed by atoms with Crippen LogP contribution in [-0.4, -0.2) is 38.7 Å². The first-order chi connectivity index (χ1) is 12.6. The lowest BCUT2D eigenvalue weighted by molar-refractivity contribution is 0.0711.